The van der Waals surface area contributed by atoms with E-state index in [1.807, 2.05) is 17.2 Å². The predicted molar refractivity (Wildman–Crippen MR) is 33.1 cm³/mol. The third kappa shape index (κ3) is 0.375. The van der Waals surface area contributed by atoms with E-state index in [-0.39, 0.29) is 0 Å². The van der Waals surface area contributed by atoms with E-state index in [1.54, 1.807) is 6.26 Å². The molecule has 3 rings (SSSR count). The predicted octanol–water partition coefficient (Wildman–Crippen LogP) is 0.887. The van der Waals surface area contributed by atoms with Crippen LogP contribution in [0.5, 0.6) is 0 Å². The number of nitrogens with zero attached hydrogens (tertiary/aromatic N) is 1. The molecule has 0 bridgehead atoms. The van der Waals surface area contributed by atoms with Gasteiger partial charge in [-0.1, -0.05) is 0 Å². The second kappa shape index (κ2) is 1.21. The summed E-state index contributed by atoms with van der Waals surface area (Å²) in [5.41, 5.74) is 1.05. The minimum atomic E-state index is 0.617. The van der Waals surface area contributed by atoms with Crippen LogP contribution >= 0.6 is 0 Å². The first-order valence-corrected chi connectivity index (χ1v) is 3.14. The quantitative estimate of drug-likeness (QED) is 0.493. The Bertz CT molecular complexity index is 288. The first-order valence-electron chi connectivity index (χ1n) is 3.14. The number of rotatable bonds is 0. The van der Waals surface area contributed by atoms with Crippen LogP contribution in [0, 0.1) is 0 Å². The Kier molecular flexibility index (Phi) is 0.537. The molecule has 0 unspecified atom stereocenters. The summed E-state index contributed by atoms with van der Waals surface area (Å²) in [6, 6.07) is 0. The van der Waals surface area contributed by atoms with Crippen LogP contribution in [0.15, 0.2) is 35.8 Å². The monoisotopic (exact) mass is 135 g/mol. The van der Waals surface area contributed by atoms with Gasteiger partial charge in [-0.2, -0.15) is 0 Å². The van der Waals surface area contributed by atoms with E-state index in [0.29, 0.717) is 6.73 Å². The topological polar surface area (TPSA) is 25.0 Å². The van der Waals surface area contributed by atoms with Crippen LogP contribution in [0.4, 0.5) is 0 Å². The highest BCUT2D eigenvalue weighted by Crippen LogP contribution is 2.40. The molecule has 10 heavy (non-hydrogen) atoms. The highest BCUT2D eigenvalue weighted by Gasteiger charge is 2.35. The standard InChI is InChI=1S/C7H5NO2/c1-2-8-4-9-3-5(8)7-6(1)10-7/h1-3H,4H2. The maximum absolute atomic E-state index is 5.15. The van der Waals surface area contributed by atoms with Crippen molar-refractivity contribution in [3.05, 3.63) is 35.8 Å². The zero-order valence-corrected chi connectivity index (χ0v) is 5.20. The van der Waals surface area contributed by atoms with E-state index in [1.165, 1.54) is 0 Å². The molecular formula is C7H5NO2. The molecule has 0 aromatic heterocycles. The first-order chi connectivity index (χ1) is 4.95. The van der Waals surface area contributed by atoms with Gasteiger partial charge in [-0.25, -0.2) is 0 Å². The van der Waals surface area contributed by atoms with Crippen molar-refractivity contribution in [1.29, 1.82) is 0 Å². The van der Waals surface area contributed by atoms with Crippen LogP contribution in [0.2, 0.25) is 0 Å². The van der Waals surface area contributed by atoms with Gasteiger partial charge in [-0.3, -0.25) is 0 Å². The second-order valence-corrected chi connectivity index (χ2v) is 2.38. The lowest BCUT2D eigenvalue weighted by Crippen LogP contribution is -2.12. The Morgan fingerprint density at radius 1 is 1.50 bits per heavy atom. The molecule has 0 saturated carbocycles. The SMILES string of the molecule is C1=CN2COC=C2C2=C1O2. The van der Waals surface area contributed by atoms with Crippen LogP contribution in [-0.2, 0) is 9.47 Å². The van der Waals surface area contributed by atoms with E-state index in [0.717, 1.165) is 17.2 Å². The molecule has 0 amide bonds. The second-order valence-electron chi connectivity index (χ2n) is 2.38. The molecule has 0 spiro atoms. The van der Waals surface area contributed by atoms with E-state index >= 15 is 0 Å². The summed E-state index contributed by atoms with van der Waals surface area (Å²) in [5.74, 6) is 1.95. The number of allylic oxidation sites excluding steroid dienone is 1. The van der Waals surface area contributed by atoms with Gasteiger partial charge < -0.3 is 14.4 Å². The molecule has 0 fully saturated rings. The third-order valence-corrected chi connectivity index (χ3v) is 1.75. The Balaban J connectivity index is 2.13. The molecule has 0 aliphatic carbocycles. The molecule has 0 saturated heterocycles. The third-order valence-electron chi connectivity index (χ3n) is 1.75. The summed E-state index contributed by atoms with van der Waals surface area (Å²) in [7, 11) is 0. The van der Waals surface area contributed by atoms with Gasteiger partial charge in [0.2, 0.25) is 0 Å². The lowest BCUT2D eigenvalue weighted by molar-refractivity contribution is 0.201. The van der Waals surface area contributed by atoms with E-state index < -0.39 is 0 Å². The number of ether oxygens (including phenoxy) is 2. The van der Waals surface area contributed by atoms with Gasteiger partial charge in [-0.15, -0.1) is 0 Å². The molecule has 0 aromatic rings. The van der Waals surface area contributed by atoms with Crippen LogP contribution in [0.1, 0.15) is 0 Å². The lowest BCUT2D eigenvalue weighted by Gasteiger charge is -2.10. The summed E-state index contributed by atoms with van der Waals surface area (Å²) in [4.78, 5) is 2.01. The molecule has 0 N–H and O–H groups in total. The van der Waals surface area contributed by atoms with Gasteiger partial charge >= 0.3 is 0 Å². The van der Waals surface area contributed by atoms with Gasteiger partial charge in [0.25, 0.3) is 0 Å². The van der Waals surface area contributed by atoms with Crippen molar-refractivity contribution < 1.29 is 9.47 Å². The number of fused-ring (bicyclic) bond motifs is 2. The van der Waals surface area contributed by atoms with Crippen LogP contribution in [-0.4, -0.2) is 11.6 Å². The molecule has 3 heteroatoms. The highest BCUT2D eigenvalue weighted by molar-refractivity contribution is 5.46. The van der Waals surface area contributed by atoms with Gasteiger partial charge in [0.1, 0.15) is 12.0 Å². The smallest absolute Gasteiger partial charge is 0.197 e. The minimum absolute atomic E-state index is 0.617. The average molecular weight is 135 g/mol. The lowest BCUT2D eigenvalue weighted by atomic mass is 10.3. The summed E-state index contributed by atoms with van der Waals surface area (Å²) >= 11 is 0. The normalized spacial score (nSPS) is 24.8. The number of hydrogen-bond acceptors (Lipinski definition) is 3. The Morgan fingerprint density at radius 2 is 2.50 bits per heavy atom. The van der Waals surface area contributed by atoms with Crippen molar-refractivity contribution in [3.63, 3.8) is 0 Å². The van der Waals surface area contributed by atoms with Crippen molar-refractivity contribution in [2.45, 2.75) is 0 Å². The molecule has 0 atom stereocenters. The maximum Gasteiger partial charge on any atom is 0.197 e. The fraction of sp³-hybridized carbons (Fsp3) is 0.143. The zero-order valence-electron chi connectivity index (χ0n) is 5.20. The molecular weight excluding hydrogens is 130 g/mol. The van der Waals surface area contributed by atoms with Crippen molar-refractivity contribution in [2.24, 2.45) is 0 Å². The summed E-state index contributed by atoms with van der Waals surface area (Å²) in [5, 5.41) is 0. The molecule has 50 valence electrons. The van der Waals surface area contributed by atoms with Crippen LogP contribution in [0.3, 0.4) is 0 Å². The zero-order chi connectivity index (χ0) is 6.55. The van der Waals surface area contributed by atoms with Crippen LogP contribution < -0.4 is 0 Å². The Labute approximate surface area is 57.8 Å². The largest absolute Gasteiger partial charge is 0.478 e. The molecule has 3 heterocycles. The molecule has 0 aromatic carbocycles. The van der Waals surface area contributed by atoms with E-state index in [9.17, 15) is 0 Å². The fourth-order valence-corrected chi connectivity index (χ4v) is 1.17. The van der Waals surface area contributed by atoms with Crippen molar-refractivity contribution in [1.82, 2.24) is 4.90 Å². The van der Waals surface area contributed by atoms with E-state index in [2.05, 4.69) is 0 Å². The number of hydrogen-bond donors (Lipinski definition) is 0. The fourth-order valence-electron chi connectivity index (χ4n) is 1.17. The van der Waals surface area contributed by atoms with Crippen molar-refractivity contribution in [3.8, 4) is 0 Å². The first kappa shape index (κ1) is 4.44. The molecule has 3 nitrogen and oxygen atoms in total. The highest BCUT2D eigenvalue weighted by atomic mass is 16.6. The van der Waals surface area contributed by atoms with Crippen molar-refractivity contribution >= 4 is 0 Å². The average Bonchev–Trinajstić information content (AvgIpc) is 2.60. The summed E-state index contributed by atoms with van der Waals surface area (Å²) < 4.78 is 10.2. The van der Waals surface area contributed by atoms with Crippen molar-refractivity contribution in [2.75, 3.05) is 6.73 Å². The van der Waals surface area contributed by atoms with Gasteiger partial charge in [0.05, 0.1) is 0 Å². The van der Waals surface area contributed by atoms with Crippen LogP contribution in [0.25, 0.3) is 0 Å². The Hall–Kier alpha value is -1.38. The van der Waals surface area contributed by atoms with Gasteiger partial charge in [-0.05, 0) is 0 Å². The van der Waals surface area contributed by atoms with Gasteiger partial charge in [0, 0.05) is 12.3 Å². The molecule has 3 aliphatic heterocycles. The molecule has 0 radical (unpaired) electrons. The Morgan fingerprint density at radius 3 is 3.50 bits per heavy atom. The maximum atomic E-state index is 5.15. The minimum Gasteiger partial charge on any atom is -0.478 e. The van der Waals surface area contributed by atoms with Gasteiger partial charge in [0.15, 0.2) is 18.2 Å². The molecule has 3 aliphatic rings. The summed E-state index contributed by atoms with van der Waals surface area (Å²) in [6.45, 7) is 0.617. The van der Waals surface area contributed by atoms with E-state index in [4.69, 9.17) is 9.47 Å². The summed E-state index contributed by atoms with van der Waals surface area (Å²) in [6.07, 6.45) is 5.64.